The number of hydrogen-bond acceptors (Lipinski definition) is 2. The number of fused-ring (bicyclic) bond motifs is 1. The van der Waals surface area contributed by atoms with Crippen molar-refractivity contribution >= 4 is 12.0 Å². The zero-order chi connectivity index (χ0) is 8.39. The molecule has 0 N–H and O–H groups in total. The summed E-state index contributed by atoms with van der Waals surface area (Å²) in [5, 5.41) is 0. The van der Waals surface area contributed by atoms with E-state index < -0.39 is 0 Å². The summed E-state index contributed by atoms with van der Waals surface area (Å²) in [4.78, 5) is 6.54. The van der Waals surface area contributed by atoms with E-state index in [1.165, 1.54) is 5.56 Å². The van der Waals surface area contributed by atoms with Crippen LogP contribution < -0.4 is 0 Å². The predicted octanol–water partition coefficient (Wildman–Crippen LogP) is 2.18. The Hall–Kier alpha value is -1.31. The van der Waals surface area contributed by atoms with Gasteiger partial charge in [0, 0.05) is 13.1 Å². The largest absolute Gasteiger partial charge is 0.358 e. The quantitative estimate of drug-likeness (QED) is 0.614. The number of rotatable bonds is 1. The standard InChI is InChI=1S/C10H12N2/c1-2-12-7-9-5-3-4-6-10(9)11-8-12/h3-6,8H,2,7H2,1H3. The fraction of sp³-hybridized carbons (Fsp3) is 0.300. The smallest absolute Gasteiger partial charge is 0.0915 e. The van der Waals surface area contributed by atoms with E-state index in [1.54, 1.807) is 0 Å². The Kier molecular flexibility index (Phi) is 1.82. The molecule has 1 heterocycles. The molecule has 0 spiro atoms. The molecule has 1 aliphatic heterocycles. The van der Waals surface area contributed by atoms with Crippen molar-refractivity contribution in [2.45, 2.75) is 13.5 Å². The van der Waals surface area contributed by atoms with Crippen molar-refractivity contribution in [1.29, 1.82) is 0 Å². The van der Waals surface area contributed by atoms with Crippen LogP contribution in [0.15, 0.2) is 29.3 Å². The molecule has 0 aromatic heterocycles. The van der Waals surface area contributed by atoms with Gasteiger partial charge in [-0.1, -0.05) is 18.2 Å². The minimum atomic E-state index is 0.996. The van der Waals surface area contributed by atoms with Crippen molar-refractivity contribution in [1.82, 2.24) is 4.90 Å². The molecule has 0 amide bonds. The molecule has 1 aromatic carbocycles. The second kappa shape index (κ2) is 2.97. The highest BCUT2D eigenvalue weighted by Crippen LogP contribution is 2.22. The minimum absolute atomic E-state index is 0.996. The summed E-state index contributed by atoms with van der Waals surface area (Å²) >= 11 is 0. The summed E-state index contributed by atoms with van der Waals surface area (Å²) in [5.74, 6) is 0. The van der Waals surface area contributed by atoms with E-state index in [2.05, 4.69) is 35.0 Å². The van der Waals surface area contributed by atoms with Crippen molar-refractivity contribution < 1.29 is 0 Å². The average Bonchev–Trinajstić information content (AvgIpc) is 2.17. The lowest BCUT2D eigenvalue weighted by Gasteiger charge is -2.22. The topological polar surface area (TPSA) is 15.6 Å². The van der Waals surface area contributed by atoms with Gasteiger partial charge in [0.05, 0.1) is 12.0 Å². The Bertz CT molecular complexity index is 304. The van der Waals surface area contributed by atoms with Crippen molar-refractivity contribution in [3.05, 3.63) is 29.8 Å². The first-order valence-electron chi connectivity index (χ1n) is 4.26. The van der Waals surface area contributed by atoms with Crippen molar-refractivity contribution in [3.8, 4) is 0 Å². The molecule has 0 fully saturated rings. The second-order valence-electron chi connectivity index (χ2n) is 2.94. The van der Waals surface area contributed by atoms with Crippen LogP contribution in [0.3, 0.4) is 0 Å². The third kappa shape index (κ3) is 1.20. The maximum atomic E-state index is 4.35. The number of para-hydroxylation sites is 1. The summed E-state index contributed by atoms with van der Waals surface area (Å²) in [5.41, 5.74) is 2.43. The molecular weight excluding hydrogens is 148 g/mol. The Labute approximate surface area is 72.5 Å². The lowest BCUT2D eigenvalue weighted by atomic mass is 10.1. The molecule has 1 aliphatic rings. The summed E-state index contributed by atoms with van der Waals surface area (Å²) in [6, 6.07) is 8.28. The molecule has 1 aromatic rings. The van der Waals surface area contributed by atoms with Gasteiger partial charge >= 0.3 is 0 Å². The van der Waals surface area contributed by atoms with Crippen LogP contribution in [0.4, 0.5) is 5.69 Å². The number of hydrogen-bond donors (Lipinski definition) is 0. The number of aliphatic imine (C=N–C) groups is 1. The van der Waals surface area contributed by atoms with Gasteiger partial charge in [-0.05, 0) is 18.6 Å². The molecule has 12 heavy (non-hydrogen) atoms. The average molecular weight is 160 g/mol. The van der Waals surface area contributed by atoms with Crippen LogP contribution in [-0.2, 0) is 6.54 Å². The Morgan fingerprint density at radius 1 is 1.42 bits per heavy atom. The van der Waals surface area contributed by atoms with Gasteiger partial charge in [0.2, 0.25) is 0 Å². The minimum Gasteiger partial charge on any atom is -0.358 e. The van der Waals surface area contributed by atoms with E-state index in [0.29, 0.717) is 0 Å². The zero-order valence-electron chi connectivity index (χ0n) is 7.20. The lowest BCUT2D eigenvalue weighted by Crippen LogP contribution is -2.23. The van der Waals surface area contributed by atoms with Crippen molar-refractivity contribution in [3.63, 3.8) is 0 Å². The van der Waals surface area contributed by atoms with Gasteiger partial charge < -0.3 is 4.90 Å². The zero-order valence-corrected chi connectivity index (χ0v) is 7.20. The lowest BCUT2D eigenvalue weighted by molar-refractivity contribution is 0.443. The molecule has 0 unspecified atom stereocenters. The van der Waals surface area contributed by atoms with Gasteiger partial charge in [0.25, 0.3) is 0 Å². The van der Waals surface area contributed by atoms with Crippen LogP contribution in [0.2, 0.25) is 0 Å². The molecule has 0 bridgehead atoms. The molecule has 62 valence electrons. The first kappa shape index (κ1) is 7.35. The van der Waals surface area contributed by atoms with E-state index in [0.717, 1.165) is 18.8 Å². The highest BCUT2D eigenvalue weighted by molar-refractivity contribution is 5.66. The molecule has 2 rings (SSSR count). The molecular formula is C10H12N2. The third-order valence-corrected chi connectivity index (χ3v) is 2.13. The van der Waals surface area contributed by atoms with Crippen LogP contribution in [0.1, 0.15) is 12.5 Å². The number of nitrogens with zero attached hydrogens (tertiary/aromatic N) is 2. The van der Waals surface area contributed by atoms with Crippen molar-refractivity contribution in [2.24, 2.45) is 4.99 Å². The molecule has 0 saturated carbocycles. The summed E-state index contributed by atoms with van der Waals surface area (Å²) < 4.78 is 0. The fourth-order valence-electron chi connectivity index (χ4n) is 1.37. The Morgan fingerprint density at radius 2 is 2.25 bits per heavy atom. The van der Waals surface area contributed by atoms with Gasteiger partial charge in [0.1, 0.15) is 0 Å². The second-order valence-corrected chi connectivity index (χ2v) is 2.94. The van der Waals surface area contributed by atoms with Crippen LogP contribution in [-0.4, -0.2) is 17.8 Å². The Morgan fingerprint density at radius 3 is 3.08 bits per heavy atom. The Balaban J connectivity index is 2.33. The first-order chi connectivity index (χ1) is 5.90. The SMILES string of the molecule is CCN1C=Nc2ccccc2C1. The highest BCUT2D eigenvalue weighted by Gasteiger charge is 2.08. The van der Waals surface area contributed by atoms with E-state index in [1.807, 2.05) is 12.4 Å². The fourth-order valence-corrected chi connectivity index (χ4v) is 1.37. The molecule has 0 radical (unpaired) electrons. The highest BCUT2D eigenvalue weighted by atomic mass is 15.2. The van der Waals surface area contributed by atoms with E-state index in [9.17, 15) is 0 Å². The first-order valence-corrected chi connectivity index (χ1v) is 4.26. The summed E-state index contributed by atoms with van der Waals surface area (Å²) in [6.07, 6.45) is 1.92. The summed E-state index contributed by atoms with van der Waals surface area (Å²) in [6.45, 7) is 4.16. The van der Waals surface area contributed by atoms with Gasteiger partial charge in [-0.15, -0.1) is 0 Å². The molecule has 2 nitrogen and oxygen atoms in total. The maximum absolute atomic E-state index is 4.35. The summed E-state index contributed by atoms with van der Waals surface area (Å²) in [7, 11) is 0. The van der Waals surface area contributed by atoms with Crippen LogP contribution in [0, 0.1) is 0 Å². The van der Waals surface area contributed by atoms with E-state index in [-0.39, 0.29) is 0 Å². The molecule has 2 heteroatoms. The third-order valence-electron chi connectivity index (χ3n) is 2.13. The van der Waals surface area contributed by atoms with Crippen LogP contribution >= 0.6 is 0 Å². The van der Waals surface area contributed by atoms with Gasteiger partial charge in [-0.3, -0.25) is 0 Å². The number of benzene rings is 1. The normalized spacial score (nSPS) is 14.6. The molecule has 0 atom stereocenters. The monoisotopic (exact) mass is 160 g/mol. The van der Waals surface area contributed by atoms with Crippen LogP contribution in [0.5, 0.6) is 0 Å². The van der Waals surface area contributed by atoms with Gasteiger partial charge in [-0.25, -0.2) is 4.99 Å². The van der Waals surface area contributed by atoms with Gasteiger partial charge in [0.15, 0.2) is 0 Å². The van der Waals surface area contributed by atoms with Gasteiger partial charge in [-0.2, -0.15) is 0 Å². The van der Waals surface area contributed by atoms with Crippen LogP contribution in [0.25, 0.3) is 0 Å². The van der Waals surface area contributed by atoms with E-state index in [4.69, 9.17) is 0 Å². The predicted molar refractivity (Wildman–Crippen MR) is 50.7 cm³/mol. The molecule has 0 aliphatic carbocycles. The van der Waals surface area contributed by atoms with Crippen molar-refractivity contribution in [2.75, 3.05) is 6.54 Å². The van der Waals surface area contributed by atoms with E-state index >= 15 is 0 Å². The maximum Gasteiger partial charge on any atom is 0.0915 e. The molecule has 0 saturated heterocycles.